The van der Waals surface area contributed by atoms with Gasteiger partial charge in [0.25, 0.3) is 0 Å². The highest BCUT2D eigenvalue weighted by Crippen LogP contribution is 2.13. The Morgan fingerprint density at radius 2 is 2.23 bits per heavy atom. The van der Waals surface area contributed by atoms with Crippen LogP contribution in [0.3, 0.4) is 0 Å². The van der Waals surface area contributed by atoms with Crippen molar-refractivity contribution in [3.8, 4) is 0 Å². The molecular weight excluding hydrogens is 164 g/mol. The van der Waals surface area contributed by atoms with Crippen LogP contribution in [0.5, 0.6) is 0 Å². The minimum atomic E-state index is 0.238. The Kier molecular flexibility index (Phi) is 1.77. The van der Waals surface area contributed by atoms with Gasteiger partial charge in [0.15, 0.2) is 12.1 Å². The van der Waals surface area contributed by atoms with Crippen molar-refractivity contribution in [2.45, 2.75) is 6.92 Å². The molecule has 0 aliphatic rings. The van der Waals surface area contributed by atoms with Crippen molar-refractivity contribution in [1.82, 2.24) is 9.97 Å². The third-order valence-electron chi connectivity index (χ3n) is 1.94. The van der Waals surface area contributed by atoms with Crippen molar-refractivity contribution in [3.05, 3.63) is 35.8 Å². The maximum atomic E-state index is 10.4. The first-order chi connectivity index (χ1) is 6.31. The van der Waals surface area contributed by atoms with Crippen LogP contribution in [0.1, 0.15) is 16.2 Å². The third kappa shape index (κ3) is 1.28. The SMILES string of the molecule is Cc1cccc2cnc(C=O)nc12. The average Bonchev–Trinajstić information content (AvgIpc) is 2.18. The summed E-state index contributed by atoms with van der Waals surface area (Å²) in [6.07, 6.45) is 2.32. The van der Waals surface area contributed by atoms with Gasteiger partial charge in [0, 0.05) is 11.6 Å². The van der Waals surface area contributed by atoms with Crippen molar-refractivity contribution in [2.75, 3.05) is 0 Å². The fourth-order valence-electron chi connectivity index (χ4n) is 1.27. The summed E-state index contributed by atoms with van der Waals surface area (Å²) in [6.45, 7) is 1.96. The Hall–Kier alpha value is -1.77. The summed E-state index contributed by atoms with van der Waals surface area (Å²) in [4.78, 5) is 18.4. The fraction of sp³-hybridized carbons (Fsp3) is 0.100. The number of hydrogen-bond acceptors (Lipinski definition) is 3. The number of nitrogens with zero attached hydrogens (tertiary/aromatic N) is 2. The van der Waals surface area contributed by atoms with Crippen molar-refractivity contribution < 1.29 is 4.79 Å². The molecular formula is C10H8N2O. The molecule has 64 valence electrons. The molecule has 0 atom stereocenters. The van der Waals surface area contributed by atoms with Crippen LogP contribution in [-0.2, 0) is 0 Å². The zero-order valence-corrected chi connectivity index (χ0v) is 7.19. The molecule has 0 unspecified atom stereocenters. The first kappa shape index (κ1) is 7.86. The van der Waals surface area contributed by atoms with E-state index in [2.05, 4.69) is 9.97 Å². The first-order valence-electron chi connectivity index (χ1n) is 3.99. The standard InChI is InChI=1S/C10H8N2O/c1-7-3-2-4-8-5-11-9(6-13)12-10(7)8/h2-6H,1H3. The summed E-state index contributed by atoms with van der Waals surface area (Å²) >= 11 is 0. The number of hydrogen-bond donors (Lipinski definition) is 0. The number of aromatic nitrogens is 2. The normalized spacial score (nSPS) is 10.2. The molecule has 0 aliphatic heterocycles. The number of aryl methyl sites for hydroxylation is 1. The second-order valence-corrected chi connectivity index (χ2v) is 2.86. The average molecular weight is 172 g/mol. The van der Waals surface area contributed by atoms with Gasteiger partial charge in [-0.15, -0.1) is 0 Å². The summed E-state index contributed by atoms with van der Waals surface area (Å²) in [5.41, 5.74) is 1.91. The predicted octanol–water partition coefficient (Wildman–Crippen LogP) is 1.75. The molecule has 0 fully saturated rings. The van der Waals surface area contributed by atoms with Gasteiger partial charge >= 0.3 is 0 Å². The minimum Gasteiger partial charge on any atom is -0.294 e. The zero-order chi connectivity index (χ0) is 9.26. The van der Waals surface area contributed by atoms with E-state index in [1.54, 1.807) is 6.20 Å². The minimum absolute atomic E-state index is 0.238. The number of aldehydes is 1. The number of carbonyl (C=O) groups excluding carboxylic acids is 1. The molecule has 0 N–H and O–H groups in total. The Bertz CT molecular complexity index is 465. The lowest BCUT2D eigenvalue weighted by molar-refractivity contribution is 0.111. The van der Waals surface area contributed by atoms with Gasteiger partial charge in [-0.1, -0.05) is 18.2 Å². The summed E-state index contributed by atoms with van der Waals surface area (Å²) in [5.74, 6) is 0.238. The van der Waals surface area contributed by atoms with Gasteiger partial charge in [-0.2, -0.15) is 0 Å². The van der Waals surface area contributed by atoms with E-state index in [0.29, 0.717) is 6.29 Å². The molecule has 0 bridgehead atoms. The second kappa shape index (κ2) is 2.94. The van der Waals surface area contributed by atoms with Crippen LogP contribution in [0.15, 0.2) is 24.4 Å². The molecule has 0 amide bonds. The van der Waals surface area contributed by atoms with Crippen molar-refractivity contribution in [1.29, 1.82) is 0 Å². The van der Waals surface area contributed by atoms with Gasteiger partial charge in [0.1, 0.15) is 0 Å². The van der Waals surface area contributed by atoms with E-state index < -0.39 is 0 Å². The summed E-state index contributed by atoms with van der Waals surface area (Å²) in [6, 6.07) is 5.84. The molecule has 0 radical (unpaired) electrons. The number of para-hydroxylation sites is 1. The maximum absolute atomic E-state index is 10.4. The van der Waals surface area contributed by atoms with Crippen LogP contribution in [0.25, 0.3) is 10.9 Å². The molecule has 3 heteroatoms. The zero-order valence-electron chi connectivity index (χ0n) is 7.19. The number of fused-ring (bicyclic) bond motifs is 1. The van der Waals surface area contributed by atoms with Crippen molar-refractivity contribution in [2.24, 2.45) is 0 Å². The highest BCUT2D eigenvalue weighted by Gasteiger charge is 2.00. The first-order valence-corrected chi connectivity index (χ1v) is 3.99. The Morgan fingerprint density at radius 3 is 3.00 bits per heavy atom. The van der Waals surface area contributed by atoms with Crippen LogP contribution in [0.2, 0.25) is 0 Å². The monoisotopic (exact) mass is 172 g/mol. The van der Waals surface area contributed by atoms with Crippen LogP contribution in [0.4, 0.5) is 0 Å². The largest absolute Gasteiger partial charge is 0.294 e. The highest BCUT2D eigenvalue weighted by atomic mass is 16.1. The molecule has 1 heterocycles. The van der Waals surface area contributed by atoms with E-state index in [-0.39, 0.29) is 5.82 Å². The van der Waals surface area contributed by atoms with Crippen LogP contribution in [-0.4, -0.2) is 16.3 Å². The molecule has 1 aromatic heterocycles. The van der Waals surface area contributed by atoms with Gasteiger partial charge in [-0.25, -0.2) is 9.97 Å². The molecule has 3 nitrogen and oxygen atoms in total. The summed E-state index contributed by atoms with van der Waals surface area (Å²) in [7, 11) is 0. The van der Waals surface area contributed by atoms with Crippen LogP contribution in [0, 0.1) is 6.92 Å². The molecule has 2 rings (SSSR count). The van der Waals surface area contributed by atoms with E-state index in [9.17, 15) is 4.79 Å². The molecule has 1 aromatic carbocycles. The number of rotatable bonds is 1. The molecule has 0 spiro atoms. The van der Waals surface area contributed by atoms with Gasteiger partial charge in [0.2, 0.25) is 0 Å². The maximum Gasteiger partial charge on any atom is 0.193 e. The molecule has 13 heavy (non-hydrogen) atoms. The summed E-state index contributed by atoms with van der Waals surface area (Å²) < 4.78 is 0. The molecule has 2 aromatic rings. The lowest BCUT2D eigenvalue weighted by Crippen LogP contribution is -1.93. The highest BCUT2D eigenvalue weighted by molar-refractivity contribution is 5.83. The number of benzene rings is 1. The smallest absolute Gasteiger partial charge is 0.193 e. The summed E-state index contributed by atoms with van der Waals surface area (Å²) in [5, 5.41) is 0.964. The topological polar surface area (TPSA) is 42.9 Å². The number of carbonyl (C=O) groups is 1. The molecule has 0 saturated heterocycles. The Morgan fingerprint density at radius 1 is 1.38 bits per heavy atom. The van der Waals surface area contributed by atoms with E-state index in [0.717, 1.165) is 16.5 Å². The van der Waals surface area contributed by atoms with Crippen molar-refractivity contribution in [3.63, 3.8) is 0 Å². The van der Waals surface area contributed by atoms with E-state index >= 15 is 0 Å². The van der Waals surface area contributed by atoms with Crippen LogP contribution < -0.4 is 0 Å². The van der Waals surface area contributed by atoms with Crippen LogP contribution >= 0.6 is 0 Å². The predicted molar refractivity (Wildman–Crippen MR) is 49.7 cm³/mol. The quantitative estimate of drug-likeness (QED) is 0.615. The van der Waals surface area contributed by atoms with E-state index in [1.807, 2.05) is 25.1 Å². The van der Waals surface area contributed by atoms with E-state index in [4.69, 9.17) is 0 Å². The van der Waals surface area contributed by atoms with Gasteiger partial charge in [-0.3, -0.25) is 4.79 Å². The van der Waals surface area contributed by atoms with Gasteiger partial charge < -0.3 is 0 Å². The molecule has 0 aliphatic carbocycles. The van der Waals surface area contributed by atoms with Crippen molar-refractivity contribution >= 4 is 17.2 Å². The lowest BCUT2D eigenvalue weighted by atomic mass is 10.1. The van der Waals surface area contributed by atoms with Gasteiger partial charge in [-0.05, 0) is 12.5 Å². The fourth-order valence-corrected chi connectivity index (χ4v) is 1.27. The molecule has 0 saturated carbocycles. The Balaban J connectivity index is 2.81. The Labute approximate surface area is 75.4 Å². The van der Waals surface area contributed by atoms with Gasteiger partial charge in [0.05, 0.1) is 5.52 Å². The van der Waals surface area contributed by atoms with E-state index in [1.165, 1.54) is 0 Å². The third-order valence-corrected chi connectivity index (χ3v) is 1.94. The lowest BCUT2D eigenvalue weighted by Gasteiger charge is -1.99. The second-order valence-electron chi connectivity index (χ2n) is 2.86.